The molecule has 7 nitrogen and oxygen atoms in total. The van der Waals surface area contributed by atoms with E-state index in [4.69, 9.17) is 4.74 Å². The van der Waals surface area contributed by atoms with Crippen LogP contribution in [0.25, 0.3) is 0 Å². The number of halogens is 1. The molecule has 33 heavy (non-hydrogen) atoms. The molecule has 3 aliphatic heterocycles. The molecule has 2 bridgehead atoms. The van der Waals surface area contributed by atoms with Gasteiger partial charge in [0.05, 0.1) is 35.8 Å². The summed E-state index contributed by atoms with van der Waals surface area (Å²) in [7, 11) is 0. The topological polar surface area (TPSA) is 87.2 Å². The van der Waals surface area contributed by atoms with Crippen molar-refractivity contribution in [3.8, 4) is 0 Å². The van der Waals surface area contributed by atoms with Gasteiger partial charge in [-0.2, -0.15) is 0 Å². The molecular formula is C24H37BrN2O5S. The molecule has 3 aliphatic rings. The van der Waals surface area contributed by atoms with Crippen LogP contribution in [0.4, 0.5) is 0 Å². The second-order valence-electron chi connectivity index (χ2n) is 10.0. The monoisotopic (exact) mass is 544 g/mol. The minimum absolute atomic E-state index is 0.000728. The molecule has 1 spiro atoms. The average Bonchev–Trinajstić information content (AvgIpc) is 3.33. The molecule has 3 unspecified atom stereocenters. The number of ether oxygens (including phenoxy) is 1. The first-order valence-corrected chi connectivity index (χ1v) is 13.7. The van der Waals surface area contributed by atoms with Crippen LogP contribution in [0.1, 0.15) is 47.5 Å². The second kappa shape index (κ2) is 10.3. The van der Waals surface area contributed by atoms with E-state index in [1.807, 2.05) is 27.7 Å². The lowest BCUT2D eigenvalue weighted by Gasteiger charge is -2.41. The Labute approximate surface area is 209 Å². The highest BCUT2D eigenvalue weighted by Crippen LogP contribution is 2.68. The van der Waals surface area contributed by atoms with Gasteiger partial charge in [-0.25, -0.2) is 0 Å². The molecule has 0 radical (unpaired) electrons. The highest BCUT2D eigenvalue weighted by atomic mass is 79.9. The molecular weight excluding hydrogens is 508 g/mol. The van der Waals surface area contributed by atoms with Crippen LogP contribution in [0.5, 0.6) is 0 Å². The first-order valence-electron chi connectivity index (χ1n) is 11.9. The number of esters is 1. The summed E-state index contributed by atoms with van der Waals surface area (Å²) in [6.45, 7) is 13.9. The fraction of sp³-hybridized carbons (Fsp3) is 0.792. The summed E-state index contributed by atoms with van der Waals surface area (Å²) >= 11 is 5.34. The predicted molar refractivity (Wildman–Crippen MR) is 133 cm³/mol. The zero-order chi connectivity index (χ0) is 24.7. The van der Waals surface area contributed by atoms with E-state index < -0.39 is 28.7 Å². The van der Waals surface area contributed by atoms with Crippen molar-refractivity contribution in [3.63, 3.8) is 0 Å². The van der Waals surface area contributed by atoms with Gasteiger partial charge in [0.15, 0.2) is 0 Å². The van der Waals surface area contributed by atoms with Crippen molar-refractivity contribution in [3.05, 3.63) is 12.7 Å². The SMILES string of the molecule is C=CCN(C(=O)C1N([C@@H](CO)CC(C)C)C(=O)[C@@H]2[C@@H](C(=O)OCC)[C@@H]3SC12CC3Br)C(C)C. The highest BCUT2D eigenvalue weighted by Gasteiger charge is 2.76. The molecule has 1 N–H and O–H groups in total. The molecule has 0 saturated carbocycles. The summed E-state index contributed by atoms with van der Waals surface area (Å²) in [6.07, 6.45) is 2.88. The van der Waals surface area contributed by atoms with E-state index in [0.29, 0.717) is 19.4 Å². The number of hydrogen-bond donors (Lipinski definition) is 1. The van der Waals surface area contributed by atoms with Crippen LogP contribution in [0.15, 0.2) is 12.7 Å². The summed E-state index contributed by atoms with van der Waals surface area (Å²) in [6, 6.07) is -1.31. The lowest BCUT2D eigenvalue weighted by molar-refractivity contribution is -0.154. The van der Waals surface area contributed by atoms with E-state index in [2.05, 4.69) is 22.5 Å². The third-order valence-electron chi connectivity index (χ3n) is 7.10. The minimum atomic E-state index is -0.747. The Morgan fingerprint density at radius 2 is 2.06 bits per heavy atom. The number of aliphatic hydroxyl groups excluding tert-OH is 1. The van der Waals surface area contributed by atoms with Gasteiger partial charge in [-0.3, -0.25) is 14.4 Å². The highest BCUT2D eigenvalue weighted by molar-refractivity contribution is 9.09. The summed E-state index contributed by atoms with van der Waals surface area (Å²) in [5.41, 5.74) is 0. The van der Waals surface area contributed by atoms with Crippen LogP contribution in [-0.2, 0) is 19.1 Å². The van der Waals surface area contributed by atoms with Crippen LogP contribution in [0.3, 0.4) is 0 Å². The van der Waals surface area contributed by atoms with E-state index in [0.717, 1.165) is 0 Å². The number of fused-ring (bicyclic) bond motifs is 1. The first kappa shape index (κ1) is 26.5. The molecule has 0 aromatic rings. The zero-order valence-corrected chi connectivity index (χ0v) is 22.6. The van der Waals surface area contributed by atoms with Gasteiger partial charge in [0, 0.05) is 22.7 Å². The number of alkyl halides is 1. The smallest absolute Gasteiger partial charge is 0.310 e. The lowest BCUT2D eigenvalue weighted by atomic mass is 9.71. The van der Waals surface area contributed by atoms with Crippen LogP contribution >= 0.6 is 27.7 Å². The molecule has 186 valence electrons. The van der Waals surface area contributed by atoms with Gasteiger partial charge < -0.3 is 19.6 Å². The molecule has 9 heteroatoms. The normalized spacial score (nSPS) is 33.5. The number of carbonyl (C=O) groups excluding carboxylic acids is 3. The number of aliphatic hydroxyl groups is 1. The number of hydrogen-bond acceptors (Lipinski definition) is 6. The van der Waals surface area contributed by atoms with Crippen LogP contribution in [0.2, 0.25) is 0 Å². The Morgan fingerprint density at radius 1 is 1.39 bits per heavy atom. The molecule has 3 heterocycles. The van der Waals surface area contributed by atoms with E-state index in [1.54, 1.807) is 34.6 Å². The van der Waals surface area contributed by atoms with E-state index in [9.17, 15) is 19.5 Å². The molecule has 2 amide bonds. The van der Waals surface area contributed by atoms with E-state index in [-0.39, 0.29) is 53.0 Å². The van der Waals surface area contributed by atoms with Crippen molar-refractivity contribution in [2.24, 2.45) is 17.8 Å². The largest absolute Gasteiger partial charge is 0.466 e. The summed E-state index contributed by atoms with van der Waals surface area (Å²) < 4.78 is 4.65. The van der Waals surface area contributed by atoms with Crippen LogP contribution < -0.4 is 0 Å². The molecule has 3 saturated heterocycles. The quantitative estimate of drug-likeness (QED) is 0.258. The van der Waals surface area contributed by atoms with Crippen LogP contribution in [-0.4, -0.2) is 85.4 Å². The molecule has 3 rings (SSSR count). The number of nitrogens with zero attached hydrogens (tertiary/aromatic N) is 2. The number of thioether (sulfide) groups is 1. The average molecular weight is 546 g/mol. The molecule has 7 atom stereocenters. The summed E-state index contributed by atoms with van der Waals surface area (Å²) in [5.74, 6) is -1.72. The fourth-order valence-corrected chi connectivity index (χ4v) is 9.50. The van der Waals surface area contributed by atoms with Gasteiger partial charge in [-0.1, -0.05) is 35.9 Å². The van der Waals surface area contributed by atoms with Crippen molar-refractivity contribution in [2.45, 2.75) is 80.4 Å². The van der Waals surface area contributed by atoms with Gasteiger partial charge in [-0.05, 0) is 39.5 Å². The van der Waals surface area contributed by atoms with Gasteiger partial charge in [-0.15, -0.1) is 18.3 Å². The minimum Gasteiger partial charge on any atom is -0.466 e. The number of carbonyl (C=O) groups is 3. The standard InChI is InChI=1S/C24H37BrN2O5S/c1-7-9-26(14(5)6)22(30)20-24-11-16(25)19(33-24)17(23(31)32-8-2)18(24)21(29)27(20)15(12-28)10-13(3)4/h7,13-20,28H,1,8-12H2,2-6H3/t15-,16?,17-,18+,19-,20?,24?/m1/s1. The van der Waals surface area contributed by atoms with Crippen molar-refractivity contribution < 1.29 is 24.2 Å². The first-order chi connectivity index (χ1) is 15.5. The summed E-state index contributed by atoms with van der Waals surface area (Å²) in [5, 5.41) is 10.2. The predicted octanol–water partition coefficient (Wildman–Crippen LogP) is 2.84. The van der Waals surface area contributed by atoms with E-state index >= 15 is 0 Å². The van der Waals surface area contributed by atoms with Crippen molar-refractivity contribution in [1.29, 1.82) is 0 Å². The Morgan fingerprint density at radius 3 is 2.58 bits per heavy atom. The zero-order valence-electron chi connectivity index (χ0n) is 20.2. The van der Waals surface area contributed by atoms with E-state index in [1.165, 1.54) is 0 Å². The van der Waals surface area contributed by atoms with Crippen molar-refractivity contribution in [2.75, 3.05) is 19.8 Å². The Bertz CT molecular complexity index is 793. The Kier molecular flexibility index (Phi) is 8.27. The number of rotatable bonds is 10. The summed E-state index contributed by atoms with van der Waals surface area (Å²) in [4.78, 5) is 44.6. The maximum absolute atomic E-state index is 14.1. The number of amides is 2. The molecule has 3 fully saturated rings. The van der Waals surface area contributed by atoms with Gasteiger partial charge in [0.2, 0.25) is 11.8 Å². The molecule has 0 aromatic heterocycles. The maximum Gasteiger partial charge on any atom is 0.310 e. The second-order valence-corrected chi connectivity index (χ2v) is 12.7. The Balaban J connectivity index is 2.14. The third-order valence-corrected chi connectivity index (χ3v) is 10.3. The van der Waals surface area contributed by atoms with Gasteiger partial charge >= 0.3 is 5.97 Å². The van der Waals surface area contributed by atoms with Gasteiger partial charge in [0.25, 0.3) is 0 Å². The van der Waals surface area contributed by atoms with Crippen molar-refractivity contribution in [1.82, 2.24) is 9.80 Å². The van der Waals surface area contributed by atoms with Crippen molar-refractivity contribution >= 4 is 45.5 Å². The molecule has 0 aliphatic carbocycles. The lowest BCUT2D eigenvalue weighted by Crippen LogP contribution is -2.59. The Hall–Kier alpha value is -1.06. The number of likely N-dealkylation sites (tertiary alicyclic amines) is 1. The third kappa shape index (κ3) is 4.38. The fourth-order valence-electron chi connectivity index (χ4n) is 5.92. The maximum atomic E-state index is 14.1. The van der Waals surface area contributed by atoms with Gasteiger partial charge in [0.1, 0.15) is 6.04 Å². The molecule has 0 aromatic carbocycles. The van der Waals surface area contributed by atoms with Crippen LogP contribution in [0, 0.1) is 17.8 Å².